The molecule has 116 valence electrons. The van der Waals surface area contributed by atoms with Crippen LogP contribution in [0.2, 0.25) is 10.0 Å². The van der Waals surface area contributed by atoms with Gasteiger partial charge in [-0.15, -0.1) is 0 Å². The third-order valence-corrected chi connectivity index (χ3v) is 4.82. The SMILES string of the molecule is CCCCC[n+]1c(C)n(CCCC)c2cc(Cl)c(Cl)cc21. The molecule has 0 spiro atoms. The normalized spacial score (nSPS) is 11.5. The van der Waals surface area contributed by atoms with Gasteiger partial charge in [0, 0.05) is 19.1 Å². The first-order valence-electron chi connectivity index (χ1n) is 7.97. The van der Waals surface area contributed by atoms with Crippen LogP contribution in [0.5, 0.6) is 0 Å². The van der Waals surface area contributed by atoms with E-state index in [0.717, 1.165) is 13.1 Å². The summed E-state index contributed by atoms with van der Waals surface area (Å²) in [5.74, 6) is 1.30. The van der Waals surface area contributed by atoms with Gasteiger partial charge in [-0.2, -0.15) is 0 Å². The van der Waals surface area contributed by atoms with Crippen LogP contribution in [-0.4, -0.2) is 4.57 Å². The molecule has 0 fully saturated rings. The summed E-state index contributed by atoms with van der Waals surface area (Å²) in [5.41, 5.74) is 2.40. The molecular formula is C17H25Cl2N2+. The van der Waals surface area contributed by atoms with Crippen LogP contribution in [0.1, 0.15) is 51.8 Å². The van der Waals surface area contributed by atoms with E-state index < -0.39 is 0 Å². The molecule has 1 aromatic carbocycles. The van der Waals surface area contributed by atoms with Crippen LogP contribution in [0.15, 0.2) is 12.1 Å². The number of halogens is 2. The highest BCUT2D eigenvalue weighted by molar-refractivity contribution is 6.42. The molecule has 0 aliphatic rings. The zero-order chi connectivity index (χ0) is 15.4. The van der Waals surface area contributed by atoms with Crippen LogP contribution in [0.3, 0.4) is 0 Å². The standard InChI is InChI=1S/C17H25Cl2N2/c1-4-6-8-10-21-13(3)20(9-7-5-2)16-11-14(18)15(19)12-17(16)21/h11-12H,4-10H2,1-3H3/q+1. The number of nitrogens with zero attached hydrogens (tertiary/aromatic N) is 2. The summed E-state index contributed by atoms with van der Waals surface area (Å²) in [6.07, 6.45) is 6.07. The Morgan fingerprint density at radius 1 is 1.00 bits per heavy atom. The number of unbranched alkanes of at least 4 members (excludes halogenated alkanes) is 3. The molecule has 0 unspecified atom stereocenters. The topological polar surface area (TPSA) is 8.81 Å². The largest absolute Gasteiger partial charge is 0.254 e. The van der Waals surface area contributed by atoms with Crippen molar-refractivity contribution < 1.29 is 4.57 Å². The van der Waals surface area contributed by atoms with Crippen molar-refractivity contribution in [2.75, 3.05) is 0 Å². The van der Waals surface area contributed by atoms with Gasteiger partial charge in [0.25, 0.3) is 5.82 Å². The fourth-order valence-corrected chi connectivity index (χ4v) is 3.17. The van der Waals surface area contributed by atoms with Crippen molar-refractivity contribution in [3.05, 3.63) is 28.0 Å². The van der Waals surface area contributed by atoms with Gasteiger partial charge >= 0.3 is 0 Å². The maximum absolute atomic E-state index is 6.23. The van der Waals surface area contributed by atoms with E-state index in [9.17, 15) is 0 Å². The highest BCUT2D eigenvalue weighted by Gasteiger charge is 2.22. The molecular weight excluding hydrogens is 303 g/mol. The number of benzene rings is 1. The highest BCUT2D eigenvalue weighted by Crippen LogP contribution is 2.28. The Hall–Kier alpha value is -0.730. The Bertz CT molecular complexity index is 617. The lowest BCUT2D eigenvalue weighted by Gasteiger charge is -2.01. The molecule has 4 heteroatoms. The Morgan fingerprint density at radius 2 is 1.67 bits per heavy atom. The van der Waals surface area contributed by atoms with Crippen LogP contribution in [0.25, 0.3) is 11.0 Å². The summed E-state index contributed by atoms with van der Waals surface area (Å²) in [5, 5.41) is 1.28. The van der Waals surface area contributed by atoms with Crippen molar-refractivity contribution >= 4 is 34.2 Å². The third kappa shape index (κ3) is 3.54. The van der Waals surface area contributed by atoms with Gasteiger partial charge in [-0.3, -0.25) is 0 Å². The average molecular weight is 328 g/mol. The molecule has 2 nitrogen and oxygen atoms in total. The van der Waals surface area contributed by atoms with Crippen molar-refractivity contribution in [1.29, 1.82) is 0 Å². The first kappa shape index (κ1) is 16.6. The van der Waals surface area contributed by atoms with E-state index in [0.29, 0.717) is 10.0 Å². The van der Waals surface area contributed by atoms with E-state index in [1.54, 1.807) is 0 Å². The second-order valence-electron chi connectivity index (χ2n) is 5.67. The van der Waals surface area contributed by atoms with Gasteiger partial charge in [0.15, 0.2) is 11.0 Å². The number of rotatable bonds is 7. The quantitative estimate of drug-likeness (QED) is 0.466. The maximum Gasteiger partial charge on any atom is 0.254 e. The lowest BCUT2D eigenvalue weighted by Crippen LogP contribution is -2.36. The van der Waals surface area contributed by atoms with E-state index in [1.807, 2.05) is 12.1 Å². The van der Waals surface area contributed by atoms with E-state index >= 15 is 0 Å². The number of aromatic nitrogens is 2. The first-order chi connectivity index (χ1) is 10.1. The monoisotopic (exact) mass is 327 g/mol. The first-order valence-corrected chi connectivity index (χ1v) is 8.73. The van der Waals surface area contributed by atoms with Crippen molar-refractivity contribution in [3.63, 3.8) is 0 Å². The molecule has 0 amide bonds. The fourth-order valence-electron chi connectivity index (χ4n) is 2.85. The lowest BCUT2D eigenvalue weighted by atomic mass is 10.2. The Balaban J connectivity index is 2.49. The van der Waals surface area contributed by atoms with Crippen molar-refractivity contribution in [2.24, 2.45) is 0 Å². The zero-order valence-electron chi connectivity index (χ0n) is 13.3. The van der Waals surface area contributed by atoms with Crippen LogP contribution in [-0.2, 0) is 13.1 Å². The summed E-state index contributed by atoms with van der Waals surface area (Å²) >= 11 is 12.5. The second kappa shape index (κ2) is 7.51. The van der Waals surface area contributed by atoms with Gasteiger partial charge in [0.2, 0.25) is 0 Å². The van der Waals surface area contributed by atoms with Crippen LogP contribution in [0.4, 0.5) is 0 Å². The molecule has 0 radical (unpaired) electrons. The minimum absolute atomic E-state index is 0.639. The van der Waals surface area contributed by atoms with Crippen LogP contribution >= 0.6 is 23.2 Å². The number of aryl methyl sites for hydroxylation is 2. The van der Waals surface area contributed by atoms with Gasteiger partial charge in [0.1, 0.15) is 0 Å². The number of fused-ring (bicyclic) bond motifs is 1. The average Bonchev–Trinajstić information content (AvgIpc) is 2.70. The van der Waals surface area contributed by atoms with Crippen molar-refractivity contribution in [2.45, 2.75) is 66.0 Å². The molecule has 0 atom stereocenters. The minimum atomic E-state index is 0.639. The molecule has 0 aliphatic heterocycles. The molecule has 0 saturated heterocycles. The zero-order valence-corrected chi connectivity index (χ0v) is 14.8. The Labute approximate surface area is 137 Å². The Kier molecular flexibility index (Phi) is 5.95. The van der Waals surface area contributed by atoms with E-state index in [4.69, 9.17) is 23.2 Å². The lowest BCUT2D eigenvalue weighted by molar-refractivity contribution is -0.678. The maximum atomic E-state index is 6.23. The highest BCUT2D eigenvalue weighted by atomic mass is 35.5. The molecule has 0 saturated carbocycles. The fraction of sp³-hybridized carbons (Fsp3) is 0.588. The molecule has 1 aromatic heterocycles. The third-order valence-electron chi connectivity index (χ3n) is 4.10. The summed E-state index contributed by atoms with van der Waals surface area (Å²) in [7, 11) is 0. The molecule has 0 aliphatic carbocycles. The minimum Gasteiger partial charge on any atom is -0.227 e. The van der Waals surface area contributed by atoms with Crippen molar-refractivity contribution in [1.82, 2.24) is 4.57 Å². The van der Waals surface area contributed by atoms with Gasteiger partial charge in [-0.05, 0) is 19.3 Å². The molecule has 0 N–H and O–H groups in total. The molecule has 1 heterocycles. The van der Waals surface area contributed by atoms with E-state index in [2.05, 4.69) is 29.9 Å². The number of hydrogen-bond donors (Lipinski definition) is 0. The second-order valence-corrected chi connectivity index (χ2v) is 6.48. The van der Waals surface area contributed by atoms with Gasteiger partial charge < -0.3 is 0 Å². The van der Waals surface area contributed by atoms with Crippen LogP contribution < -0.4 is 4.57 Å². The van der Waals surface area contributed by atoms with Crippen LogP contribution in [0, 0.1) is 6.92 Å². The summed E-state index contributed by atoms with van der Waals surface area (Å²) in [6.45, 7) is 8.74. The van der Waals surface area contributed by atoms with Crippen molar-refractivity contribution in [3.8, 4) is 0 Å². The van der Waals surface area contributed by atoms with Gasteiger partial charge in [-0.1, -0.05) is 49.9 Å². The smallest absolute Gasteiger partial charge is 0.227 e. The molecule has 2 aromatic rings. The van der Waals surface area contributed by atoms with E-state index in [1.165, 1.54) is 49.0 Å². The molecule has 2 rings (SSSR count). The predicted molar refractivity (Wildman–Crippen MR) is 91.3 cm³/mol. The summed E-state index contributed by atoms with van der Waals surface area (Å²) in [4.78, 5) is 0. The van der Waals surface area contributed by atoms with Gasteiger partial charge in [-0.25, -0.2) is 9.13 Å². The van der Waals surface area contributed by atoms with Gasteiger partial charge in [0.05, 0.1) is 23.1 Å². The number of imidazole rings is 1. The van der Waals surface area contributed by atoms with E-state index in [-0.39, 0.29) is 0 Å². The molecule has 21 heavy (non-hydrogen) atoms. The summed E-state index contributed by atoms with van der Waals surface area (Å²) in [6, 6.07) is 4.03. The molecule has 0 bridgehead atoms. The number of hydrogen-bond acceptors (Lipinski definition) is 0. The predicted octanol–water partition coefficient (Wildman–Crippen LogP) is 5.53. The summed E-state index contributed by atoms with van der Waals surface area (Å²) < 4.78 is 4.77. The Morgan fingerprint density at radius 3 is 2.33 bits per heavy atom.